The van der Waals surface area contributed by atoms with Gasteiger partial charge in [0.25, 0.3) is 0 Å². The van der Waals surface area contributed by atoms with Gasteiger partial charge in [-0.25, -0.2) is 18.0 Å². The van der Waals surface area contributed by atoms with E-state index in [1.54, 1.807) is 27.7 Å². The van der Waals surface area contributed by atoms with Crippen molar-refractivity contribution < 1.29 is 32.3 Å². The summed E-state index contributed by atoms with van der Waals surface area (Å²) in [6.45, 7) is 8.81. The number of ether oxygens (including phenoxy) is 2. The number of ketones is 1. The summed E-state index contributed by atoms with van der Waals surface area (Å²) in [4.78, 5) is 40.1. The first-order valence-electron chi connectivity index (χ1n) is 10.1. The summed E-state index contributed by atoms with van der Waals surface area (Å²) in [7, 11) is -2.40. The second-order valence-electron chi connectivity index (χ2n) is 7.14. The molecule has 0 fully saturated rings. The van der Waals surface area contributed by atoms with Crippen molar-refractivity contribution in [2.75, 3.05) is 20.2 Å². The fourth-order valence-electron chi connectivity index (χ4n) is 3.37. The van der Waals surface area contributed by atoms with Gasteiger partial charge in [0, 0.05) is 18.8 Å². The largest absolute Gasteiger partial charge is 0.465 e. The van der Waals surface area contributed by atoms with Crippen molar-refractivity contribution in [2.45, 2.75) is 45.6 Å². The third kappa shape index (κ3) is 4.91. The minimum Gasteiger partial charge on any atom is -0.465 e. The van der Waals surface area contributed by atoms with E-state index >= 15 is 0 Å². The van der Waals surface area contributed by atoms with Gasteiger partial charge in [-0.2, -0.15) is 4.31 Å². The van der Waals surface area contributed by atoms with Gasteiger partial charge in [-0.15, -0.1) is 0 Å². The lowest BCUT2D eigenvalue weighted by Gasteiger charge is -2.18. The fraction of sp³-hybridized carbons (Fsp3) is 0.409. The average Bonchev–Trinajstić information content (AvgIpc) is 3.07. The number of hydrogen-bond donors (Lipinski definition) is 1. The second-order valence-corrected chi connectivity index (χ2v) is 9.08. The highest BCUT2D eigenvalue weighted by Gasteiger charge is 2.28. The molecule has 0 bridgehead atoms. The van der Waals surface area contributed by atoms with E-state index in [9.17, 15) is 22.8 Å². The number of aryl methyl sites for hydroxylation is 1. The molecule has 0 radical (unpaired) electrons. The van der Waals surface area contributed by atoms with Crippen LogP contribution >= 0.6 is 0 Å². The van der Waals surface area contributed by atoms with E-state index in [2.05, 4.69) is 4.98 Å². The number of nitrogens with zero attached hydrogens (tertiary/aromatic N) is 1. The van der Waals surface area contributed by atoms with E-state index in [4.69, 9.17) is 9.47 Å². The average molecular weight is 465 g/mol. The molecule has 2 aromatic rings. The van der Waals surface area contributed by atoms with Gasteiger partial charge < -0.3 is 14.5 Å². The number of benzene rings is 1. The normalized spacial score (nSPS) is 12.5. The van der Waals surface area contributed by atoms with Crippen molar-refractivity contribution in [3.05, 3.63) is 52.3 Å². The van der Waals surface area contributed by atoms with Crippen molar-refractivity contribution >= 4 is 27.7 Å². The number of methoxy groups -OCH3 is 1. The smallest absolute Gasteiger partial charge is 0.339 e. The van der Waals surface area contributed by atoms with Crippen LogP contribution in [0.3, 0.4) is 0 Å². The van der Waals surface area contributed by atoms with E-state index in [-0.39, 0.29) is 21.7 Å². The number of H-pyrrole nitrogens is 1. The van der Waals surface area contributed by atoms with E-state index in [0.29, 0.717) is 24.3 Å². The molecule has 0 aliphatic carbocycles. The third-order valence-electron chi connectivity index (χ3n) is 5.16. The van der Waals surface area contributed by atoms with Crippen LogP contribution in [-0.4, -0.2) is 61.7 Å². The molecule has 9 nitrogen and oxygen atoms in total. The number of sulfonamides is 1. The fourth-order valence-corrected chi connectivity index (χ4v) is 4.82. The van der Waals surface area contributed by atoms with Gasteiger partial charge in [-0.05, 0) is 50.6 Å². The highest BCUT2D eigenvalue weighted by atomic mass is 32.2. The molecule has 32 heavy (non-hydrogen) atoms. The summed E-state index contributed by atoms with van der Waals surface area (Å²) >= 11 is 0. The Morgan fingerprint density at radius 1 is 1.03 bits per heavy atom. The molecule has 1 unspecified atom stereocenters. The van der Waals surface area contributed by atoms with Crippen LogP contribution in [0.15, 0.2) is 29.2 Å². The van der Waals surface area contributed by atoms with Crippen molar-refractivity contribution in [3.8, 4) is 0 Å². The molecule has 0 amide bonds. The molecular formula is C22H28N2O7S. The van der Waals surface area contributed by atoms with E-state index in [1.165, 1.54) is 42.6 Å². The molecule has 0 aliphatic heterocycles. The molecule has 1 aromatic carbocycles. The maximum atomic E-state index is 12.8. The van der Waals surface area contributed by atoms with Gasteiger partial charge in [0.05, 0.1) is 28.8 Å². The van der Waals surface area contributed by atoms with Gasteiger partial charge in [-0.3, -0.25) is 4.79 Å². The number of esters is 2. The molecule has 0 saturated carbocycles. The number of nitrogens with one attached hydrogen (secondary N) is 1. The number of carbonyl (C=O) groups is 3. The van der Waals surface area contributed by atoms with E-state index in [1.807, 2.05) is 0 Å². The van der Waals surface area contributed by atoms with Crippen molar-refractivity contribution in [1.82, 2.24) is 9.29 Å². The predicted octanol–water partition coefficient (Wildman–Crippen LogP) is 2.88. The Hall–Kier alpha value is -2.98. The molecule has 1 atom stereocenters. The Morgan fingerprint density at radius 2 is 1.59 bits per heavy atom. The van der Waals surface area contributed by atoms with Crippen LogP contribution in [0.2, 0.25) is 0 Å². The SMILES string of the molecule is CCN(CC)S(=O)(=O)c1ccc(C(=O)OC(C)C(=O)c2[nH]c(C)c(C(=O)OC)c2C)cc1. The van der Waals surface area contributed by atoms with Gasteiger partial charge in [0.1, 0.15) is 0 Å². The molecule has 2 rings (SSSR count). The standard InChI is InChI=1S/C22H28N2O7S/c1-7-24(8-2)32(28,29)17-11-9-16(10-12-17)21(26)31-15(5)20(25)19-13(3)18(14(4)23-19)22(27)30-6/h9-12,15,23H,7-8H2,1-6H3. The lowest BCUT2D eigenvalue weighted by Crippen LogP contribution is -2.30. The van der Waals surface area contributed by atoms with Crippen LogP contribution in [0, 0.1) is 13.8 Å². The summed E-state index contributed by atoms with van der Waals surface area (Å²) in [5, 5.41) is 0. The molecule has 1 N–H and O–H groups in total. The minimum atomic E-state index is -3.65. The lowest BCUT2D eigenvalue weighted by molar-refractivity contribution is 0.0316. The van der Waals surface area contributed by atoms with E-state index < -0.39 is 33.8 Å². The van der Waals surface area contributed by atoms with Crippen LogP contribution in [-0.2, 0) is 19.5 Å². The van der Waals surface area contributed by atoms with Crippen molar-refractivity contribution in [3.63, 3.8) is 0 Å². The molecule has 0 spiro atoms. The molecule has 174 valence electrons. The quantitative estimate of drug-likeness (QED) is 0.447. The first kappa shape index (κ1) is 25.3. The molecule has 0 aliphatic rings. The molecule has 1 heterocycles. The highest BCUT2D eigenvalue weighted by molar-refractivity contribution is 7.89. The summed E-state index contributed by atoms with van der Waals surface area (Å²) in [6.07, 6.45) is -1.14. The summed E-state index contributed by atoms with van der Waals surface area (Å²) in [5.74, 6) is -1.85. The summed E-state index contributed by atoms with van der Waals surface area (Å²) < 4.78 is 36.4. The van der Waals surface area contributed by atoms with E-state index in [0.717, 1.165) is 0 Å². The van der Waals surface area contributed by atoms with Gasteiger partial charge in [0.2, 0.25) is 15.8 Å². The number of carbonyl (C=O) groups excluding carboxylic acids is 3. The predicted molar refractivity (Wildman–Crippen MR) is 117 cm³/mol. The van der Waals surface area contributed by atoms with Crippen LogP contribution in [0.1, 0.15) is 63.2 Å². The Morgan fingerprint density at radius 3 is 2.09 bits per heavy atom. The number of Topliss-reactive ketones (excluding diaryl/α,β-unsaturated/α-hetero) is 1. The van der Waals surface area contributed by atoms with Crippen molar-refractivity contribution in [2.24, 2.45) is 0 Å². The zero-order valence-electron chi connectivity index (χ0n) is 19.0. The Bertz CT molecular complexity index is 1110. The molecule has 0 saturated heterocycles. The zero-order chi connectivity index (χ0) is 24.2. The maximum Gasteiger partial charge on any atom is 0.339 e. The van der Waals surface area contributed by atoms with Gasteiger partial charge >= 0.3 is 11.9 Å². The molecule has 1 aromatic heterocycles. The Kier molecular flexibility index (Phi) is 7.97. The zero-order valence-corrected chi connectivity index (χ0v) is 19.8. The second kappa shape index (κ2) is 10.1. The van der Waals surface area contributed by atoms with Crippen LogP contribution in [0.5, 0.6) is 0 Å². The number of hydrogen-bond acceptors (Lipinski definition) is 7. The first-order valence-corrected chi connectivity index (χ1v) is 11.6. The number of rotatable bonds is 9. The third-order valence-corrected chi connectivity index (χ3v) is 7.22. The first-order chi connectivity index (χ1) is 15.0. The van der Waals surface area contributed by atoms with Crippen LogP contribution in [0.25, 0.3) is 0 Å². The maximum absolute atomic E-state index is 12.8. The minimum absolute atomic E-state index is 0.0645. The van der Waals surface area contributed by atoms with Crippen LogP contribution in [0.4, 0.5) is 0 Å². The molecular weight excluding hydrogens is 436 g/mol. The topological polar surface area (TPSA) is 123 Å². The summed E-state index contributed by atoms with van der Waals surface area (Å²) in [6, 6.07) is 5.35. The summed E-state index contributed by atoms with van der Waals surface area (Å²) in [5.41, 5.74) is 1.41. The highest BCUT2D eigenvalue weighted by Crippen LogP contribution is 2.22. The number of aromatic nitrogens is 1. The Balaban J connectivity index is 2.18. The van der Waals surface area contributed by atoms with Gasteiger partial charge in [0.15, 0.2) is 6.10 Å². The van der Waals surface area contributed by atoms with Crippen LogP contribution < -0.4 is 0 Å². The van der Waals surface area contributed by atoms with Gasteiger partial charge in [-0.1, -0.05) is 13.8 Å². The van der Waals surface area contributed by atoms with Crippen molar-refractivity contribution in [1.29, 1.82) is 0 Å². The Labute approximate surface area is 187 Å². The monoisotopic (exact) mass is 464 g/mol. The molecule has 10 heteroatoms. The lowest BCUT2D eigenvalue weighted by atomic mass is 10.1. The number of aromatic amines is 1.